The van der Waals surface area contributed by atoms with E-state index in [2.05, 4.69) is 28.2 Å². The Morgan fingerprint density at radius 3 is 2.76 bits per heavy atom. The second kappa shape index (κ2) is 9.46. The second-order valence-electron chi connectivity index (χ2n) is 4.50. The highest BCUT2D eigenvalue weighted by Crippen LogP contribution is 2.25. The Bertz CT molecular complexity index is 494. The van der Waals surface area contributed by atoms with E-state index in [9.17, 15) is 14.9 Å². The number of benzene rings is 1. The van der Waals surface area contributed by atoms with E-state index >= 15 is 0 Å². The second-order valence-corrected chi connectivity index (χ2v) is 5.35. The summed E-state index contributed by atoms with van der Waals surface area (Å²) in [5, 5.41) is 13.5. The summed E-state index contributed by atoms with van der Waals surface area (Å²) >= 11 is 3.08. The fourth-order valence-corrected chi connectivity index (χ4v) is 2.01. The zero-order valence-corrected chi connectivity index (χ0v) is 13.5. The highest BCUT2D eigenvalue weighted by Gasteiger charge is 2.15. The Kier molecular flexibility index (Phi) is 7.92. The highest BCUT2D eigenvalue weighted by molar-refractivity contribution is 9.10. The molecule has 0 unspecified atom stereocenters. The molecule has 0 radical (unpaired) electrons. The van der Waals surface area contributed by atoms with E-state index in [0.717, 1.165) is 19.4 Å². The van der Waals surface area contributed by atoms with Gasteiger partial charge in [0.2, 0.25) is 0 Å². The summed E-state index contributed by atoms with van der Waals surface area (Å²) in [5.74, 6) is -0.320. The summed E-state index contributed by atoms with van der Waals surface area (Å²) < 4.78 is 5.74. The molecule has 0 aliphatic heterocycles. The number of halogens is 1. The topological polar surface area (TPSA) is 81.5 Å². The van der Waals surface area contributed by atoms with Gasteiger partial charge >= 0.3 is 0 Å². The van der Waals surface area contributed by atoms with Gasteiger partial charge in [-0.15, -0.1) is 0 Å². The predicted molar refractivity (Wildman–Crippen MR) is 83.5 cm³/mol. The summed E-state index contributed by atoms with van der Waals surface area (Å²) in [7, 11) is 0. The van der Waals surface area contributed by atoms with Crippen molar-refractivity contribution in [1.82, 2.24) is 5.32 Å². The number of nitrogens with zero attached hydrogens (tertiary/aromatic N) is 1. The van der Waals surface area contributed by atoms with Crippen molar-refractivity contribution < 1.29 is 14.5 Å². The molecule has 1 aromatic carbocycles. The van der Waals surface area contributed by atoms with Gasteiger partial charge in [-0.3, -0.25) is 14.9 Å². The Labute approximate surface area is 132 Å². The number of ether oxygens (including phenoxy) is 1. The smallest absolute Gasteiger partial charge is 0.284 e. The minimum atomic E-state index is -0.525. The zero-order valence-electron chi connectivity index (χ0n) is 11.9. The maximum absolute atomic E-state index is 11.9. The van der Waals surface area contributed by atoms with Gasteiger partial charge in [0.25, 0.3) is 11.6 Å². The lowest BCUT2D eigenvalue weighted by molar-refractivity contribution is -0.385. The van der Waals surface area contributed by atoms with Crippen LogP contribution in [0.1, 0.15) is 36.5 Å². The maximum atomic E-state index is 11.9. The third kappa shape index (κ3) is 6.22. The number of hydrogen-bond acceptors (Lipinski definition) is 4. The summed E-state index contributed by atoms with van der Waals surface area (Å²) in [6, 6.07) is 4.31. The molecule has 0 fully saturated rings. The van der Waals surface area contributed by atoms with Crippen LogP contribution >= 0.6 is 15.9 Å². The SMILES string of the molecule is CCCCOCCCNC(=O)c1ccc(Br)c([N+](=O)[O-])c1. The first kappa shape index (κ1) is 17.6. The number of carbonyl (C=O) groups excluding carboxylic acids is 1. The number of rotatable bonds is 9. The van der Waals surface area contributed by atoms with Gasteiger partial charge in [-0.2, -0.15) is 0 Å². The normalized spacial score (nSPS) is 10.4. The van der Waals surface area contributed by atoms with Crippen LogP contribution in [0, 0.1) is 10.1 Å². The molecule has 7 heteroatoms. The van der Waals surface area contributed by atoms with Gasteiger partial charge in [0.15, 0.2) is 0 Å². The van der Waals surface area contributed by atoms with Crippen molar-refractivity contribution in [3.63, 3.8) is 0 Å². The molecule has 1 rings (SSSR count). The average molecular weight is 359 g/mol. The first-order chi connectivity index (χ1) is 10.1. The number of carbonyl (C=O) groups is 1. The first-order valence-corrected chi connectivity index (χ1v) is 7.65. The third-order valence-corrected chi connectivity index (χ3v) is 3.47. The maximum Gasteiger partial charge on any atom is 0.284 e. The Morgan fingerprint density at radius 1 is 1.38 bits per heavy atom. The van der Waals surface area contributed by atoms with Crippen LogP contribution < -0.4 is 5.32 Å². The molecule has 0 bridgehead atoms. The van der Waals surface area contributed by atoms with Crippen LogP contribution in [0.5, 0.6) is 0 Å². The van der Waals surface area contributed by atoms with Gasteiger partial charge in [-0.1, -0.05) is 13.3 Å². The molecule has 0 heterocycles. The minimum Gasteiger partial charge on any atom is -0.381 e. The number of nitro groups is 1. The van der Waals surface area contributed by atoms with E-state index in [1.54, 1.807) is 6.07 Å². The lowest BCUT2D eigenvalue weighted by atomic mass is 10.2. The van der Waals surface area contributed by atoms with Crippen LogP contribution in [0.3, 0.4) is 0 Å². The number of nitro benzene ring substituents is 1. The molecule has 6 nitrogen and oxygen atoms in total. The third-order valence-electron chi connectivity index (χ3n) is 2.80. The Morgan fingerprint density at radius 2 is 2.10 bits per heavy atom. The molecule has 1 amide bonds. The molecule has 0 aromatic heterocycles. The van der Waals surface area contributed by atoms with Crippen molar-refractivity contribution in [2.45, 2.75) is 26.2 Å². The first-order valence-electron chi connectivity index (χ1n) is 6.86. The van der Waals surface area contributed by atoms with Gasteiger partial charge in [-0.05, 0) is 40.9 Å². The molecule has 0 aliphatic rings. The fourth-order valence-electron chi connectivity index (χ4n) is 1.62. The molecule has 0 aliphatic carbocycles. The monoisotopic (exact) mass is 358 g/mol. The van der Waals surface area contributed by atoms with E-state index in [1.807, 2.05) is 0 Å². The van der Waals surface area contributed by atoms with Crippen molar-refractivity contribution >= 4 is 27.5 Å². The van der Waals surface area contributed by atoms with E-state index in [0.29, 0.717) is 24.0 Å². The lowest BCUT2D eigenvalue weighted by Gasteiger charge is -2.06. The van der Waals surface area contributed by atoms with Gasteiger partial charge in [0, 0.05) is 31.4 Å². The molecule has 1 N–H and O–H groups in total. The molecule has 0 atom stereocenters. The van der Waals surface area contributed by atoms with Gasteiger partial charge in [0.1, 0.15) is 0 Å². The molecule has 1 aromatic rings. The van der Waals surface area contributed by atoms with E-state index in [1.165, 1.54) is 12.1 Å². The number of unbranched alkanes of at least 4 members (excludes halogenated alkanes) is 1. The number of nitrogens with one attached hydrogen (secondary N) is 1. The highest BCUT2D eigenvalue weighted by atomic mass is 79.9. The van der Waals surface area contributed by atoms with E-state index in [-0.39, 0.29) is 17.2 Å². The summed E-state index contributed by atoms with van der Waals surface area (Å²) in [4.78, 5) is 22.2. The van der Waals surface area contributed by atoms with Gasteiger partial charge in [-0.25, -0.2) is 0 Å². The van der Waals surface area contributed by atoms with E-state index in [4.69, 9.17) is 4.74 Å². The summed E-state index contributed by atoms with van der Waals surface area (Å²) in [5.41, 5.74) is 0.155. The Balaban J connectivity index is 2.39. The summed E-state index contributed by atoms with van der Waals surface area (Å²) in [6.45, 7) is 3.92. The molecule has 21 heavy (non-hydrogen) atoms. The van der Waals surface area contributed by atoms with Crippen LogP contribution in [0.2, 0.25) is 0 Å². The molecular formula is C14H19BrN2O4. The lowest BCUT2D eigenvalue weighted by Crippen LogP contribution is -2.25. The van der Waals surface area contributed by atoms with Crippen LogP contribution in [0.25, 0.3) is 0 Å². The quantitative estimate of drug-likeness (QED) is 0.417. The van der Waals surface area contributed by atoms with Crippen LogP contribution in [-0.2, 0) is 4.74 Å². The minimum absolute atomic E-state index is 0.120. The predicted octanol–water partition coefficient (Wildman–Crippen LogP) is 3.29. The molecule has 116 valence electrons. The van der Waals surface area contributed by atoms with Crippen LogP contribution in [-0.4, -0.2) is 30.6 Å². The van der Waals surface area contributed by atoms with E-state index < -0.39 is 4.92 Å². The fraction of sp³-hybridized carbons (Fsp3) is 0.500. The molecule has 0 spiro atoms. The van der Waals surface area contributed by atoms with Crippen molar-refractivity contribution in [3.05, 3.63) is 38.3 Å². The average Bonchev–Trinajstić information content (AvgIpc) is 2.46. The van der Waals surface area contributed by atoms with Crippen molar-refractivity contribution in [1.29, 1.82) is 0 Å². The zero-order chi connectivity index (χ0) is 15.7. The Hall–Kier alpha value is -1.47. The van der Waals surface area contributed by atoms with Crippen molar-refractivity contribution in [3.8, 4) is 0 Å². The summed E-state index contributed by atoms with van der Waals surface area (Å²) in [6.07, 6.45) is 2.85. The van der Waals surface area contributed by atoms with Crippen molar-refractivity contribution in [2.24, 2.45) is 0 Å². The van der Waals surface area contributed by atoms with Gasteiger partial charge < -0.3 is 10.1 Å². The largest absolute Gasteiger partial charge is 0.381 e. The van der Waals surface area contributed by atoms with Gasteiger partial charge in [0.05, 0.1) is 9.40 Å². The van der Waals surface area contributed by atoms with Crippen molar-refractivity contribution in [2.75, 3.05) is 19.8 Å². The molecular weight excluding hydrogens is 340 g/mol. The number of amides is 1. The van der Waals surface area contributed by atoms with Crippen LogP contribution in [0.15, 0.2) is 22.7 Å². The van der Waals surface area contributed by atoms with Crippen LogP contribution in [0.4, 0.5) is 5.69 Å². The standard InChI is InChI=1S/C14H19BrN2O4/c1-2-3-8-21-9-4-7-16-14(18)11-5-6-12(15)13(10-11)17(19)20/h5-6,10H,2-4,7-9H2,1H3,(H,16,18). The molecule has 0 saturated carbocycles. The molecule has 0 saturated heterocycles. The number of hydrogen-bond donors (Lipinski definition) is 1.